The van der Waals surface area contributed by atoms with E-state index in [1.807, 2.05) is 12.1 Å². The summed E-state index contributed by atoms with van der Waals surface area (Å²) in [6.45, 7) is 0.398. The average molecular weight is 271 g/mol. The molecule has 0 spiro atoms. The van der Waals surface area contributed by atoms with Gasteiger partial charge >= 0.3 is 0 Å². The van der Waals surface area contributed by atoms with Crippen LogP contribution in [0.15, 0.2) is 24.3 Å². The molecule has 0 saturated carbocycles. The summed E-state index contributed by atoms with van der Waals surface area (Å²) in [5.41, 5.74) is 2.09. The normalized spacial score (nSPS) is 22.8. The first kappa shape index (κ1) is 13.1. The van der Waals surface area contributed by atoms with Crippen LogP contribution in [0.25, 0.3) is 0 Å². The molecular weight excluding hydrogens is 256 g/mol. The Bertz CT molecular complexity index is 428. The van der Waals surface area contributed by atoms with Gasteiger partial charge in [0.1, 0.15) is 18.5 Å². The van der Waals surface area contributed by atoms with Gasteiger partial charge in [0.2, 0.25) is 0 Å². The maximum absolute atomic E-state index is 11.3. The van der Waals surface area contributed by atoms with E-state index in [1.165, 1.54) is 0 Å². The molecule has 1 amide bonds. The third-order valence-corrected chi connectivity index (χ3v) is 3.01. The number of carbonyl (C=O) groups is 1. The number of halogens is 1. The van der Waals surface area contributed by atoms with E-state index in [0.29, 0.717) is 23.8 Å². The number of nitrogens with one attached hydrogen (secondary N) is 1. The highest BCUT2D eigenvalue weighted by Gasteiger charge is 2.30. The van der Waals surface area contributed by atoms with Crippen LogP contribution in [0.2, 0.25) is 5.02 Å². The number of nitrogens with two attached hydrogens (primary N) is 1. The zero-order valence-corrected chi connectivity index (χ0v) is 10.5. The molecule has 0 aromatic heterocycles. The molecule has 6 heteroatoms. The minimum absolute atomic E-state index is 0.0914. The standard InChI is InChI=1S/C12H15ClN2O3/c13-8-2-1-3-9(6-8)17-7-10-4-5-11(18-10)12(16)15-14/h1-3,6,10-11H,4-5,7,14H2,(H,15,16). The largest absolute Gasteiger partial charge is 0.491 e. The predicted octanol–water partition coefficient (Wildman–Crippen LogP) is 1.26. The van der Waals surface area contributed by atoms with Crippen LogP contribution in [0.1, 0.15) is 12.8 Å². The number of hydrazine groups is 1. The summed E-state index contributed by atoms with van der Waals surface area (Å²) in [5, 5.41) is 0.625. The van der Waals surface area contributed by atoms with Gasteiger partial charge in [-0.15, -0.1) is 0 Å². The van der Waals surface area contributed by atoms with Crippen molar-refractivity contribution in [2.75, 3.05) is 6.61 Å². The second-order valence-corrected chi connectivity index (χ2v) is 4.54. The number of ether oxygens (including phenoxy) is 2. The number of hydrogen-bond donors (Lipinski definition) is 2. The Morgan fingerprint density at radius 3 is 3.11 bits per heavy atom. The molecule has 3 N–H and O–H groups in total. The zero-order chi connectivity index (χ0) is 13.0. The van der Waals surface area contributed by atoms with Gasteiger partial charge in [-0.1, -0.05) is 17.7 Å². The molecular formula is C12H15ClN2O3. The summed E-state index contributed by atoms with van der Waals surface area (Å²) in [5.74, 6) is 5.45. The maximum Gasteiger partial charge on any atom is 0.263 e. The zero-order valence-electron chi connectivity index (χ0n) is 9.77. The van der Waals surface area contributed by atoms with Gasteiger partial charge < -0.3 is 9.47 Å². The van der Waals surface area contributed by atoms with E-state index >= 15 is 0 Å². The molecule has 2 atom stereocenters. The summed E-state index contributed by atoms with van der Waals surface area (Å²) in [7, 11) is 0. The van der Waals surface area contributed by atoms with Crippen molar-refractivity contribution in [2.24, 2.45) is 5.84 Å². The van der Waals surface area contributed by atoms with Gasteiger partial charge in [0.05, 0.1) is 6.10 Å². The van der Waals surface area contributed by atoms with Crippen molar-refractivity contribution in [3.8, 4) is 5.75 Å². The first-order valence-corrected chi connectivity index (χ1v) is 6.11. The van der Waals surface area contributed by atoms with Crippen molar-refractivity contribution in [2.45, 2.75) is 25.0 Å². The Hall–Kier alpha value is -1.30. The third-order valence-electron chi connectivity index (χ3n) is 2.77. The van der Waals surface area contributed by atoms with E-state index in [1.54, 1.807) is 12.1 Å². The molecule has 0 aliphatic carbocycles. The second kappa shape index (κ2) is 6.04. The highest BCUT2D eigenvalue weighted by atomic mass is 35.5. The monoisotopic (exact) mass is 270 g/mol. The lowest BCUT2D eigenvalue weighted by atomic mass is 10.2. The van der Waals surface area contributed by atoms with Crippen LogP contribution in [0.4, 0.5) is 0 Å². The molecule has 1 aromatic carbocycles. The number of carbonyl (C=O) groups excluding carboxylic acids is 1. The molecule has 2 unspecified atom stereocenters. The van der Waals surface area contributed by atoms with E-state index in [2.05, 4.69) is 5.43 Å². The summed E-state index contributed by atoms with van der Waals surface area (Å²) >= 11 is 5.85. The molecule has 1 saturated heterocycles. The lowest BCUT2D eigenvalue weighted by Gasteiger charge is -2.13. The smallest absolute Gasteiger partial charge is 0.263 e. The summed E-state index contributed by atoms with van der Waals surface area (Å²) < 4.78 is 11.1. The Morgan fingerprint density at radius 2 is 2.39 bits per heavy atom. The quantitative estimate of drug-likeness (QED) is 0.491. The van der Waals surface area contributed by atoms with Crippen molar-refractivity contribution in [3.05, 3.63) is 29.3 Å². The molecule has 1 aromatic rings. The minimum Gasteiger partial charge on any atom is -0.491 e. The van der Waals surface area contributed by atoms with E-state index in [9.17, 15) is 4.79 Å². The van der Waals surface area contributed by atoms with Crippen molar-refractivity contribution in [3.63, 3.8) is 0 Å². The Balaban J connectivity index is 1.80. The van der Waals surface area contributed by atoms with Gasteiger partial charge in [-0.25, -0.2) is 5.84 Å². The van der Waals surface area contributed by atoms with E-state index in [4.69, 9.17) is 26.9 Å². The van der Waals surface area contributed by atoms with E-state index in [0.717, 1.165) is 6.42 Å². The molecule has 98 valence electrons. The fourth-order valence-electron chi connectivity index (χ4n) is 1.86. The predicted molar refractivity (Wildman–Crippen MR) is 67.2 cm³/mol. The molecule has 5 nitrogen and oxygen atoms in total. The van der Waals surface area contributed by atoms with Gasteiger partial charge in [-0.05, 0) is 31.0 Å². The molecule has 18 heavy (non-hydrogen) atoms. The number of rotatable bonds is 4. The van der Waals surface area contributed by atoms with Crippen LogP contribution < -0.4 is 16.0 Å². The van der Waals surface area contributed by atoms with Gasteiger partial charge in [0.25, 0.3) is 5.91 Å². The van der Waals surface area contributed by atoms with Crippen LogP contribution in [0.3, 0.4) is 0 Å². The number of hydrogen-bond acceptors (Lipinski definition) is 4. The van der Waals surface area contributed by atoms with Crippen LogP contribution in [0, 0.1) is 0 Å². The van der Waals surface area contributed by atoms with Crippen LogP contribution >= 0.6 is 11.6 Å². The lowest BCUT2D eigenvalue weighted by molar-refractivity contribution is -0.132. The van der Waals surface area contributed by atoms with Crippen LogP contribution in [0.5, 0.6) is 5.75 Å². The molecule has 2 rings (SSSR count). The lowest BCUT2D eigenvalue weighted by Crippen LogP contribution is -2.39. The fourth-order valence-corrected chi connectivity index (χ4v) is 2.04. The Kier molecular flexibility index (Phi) is 4.41. The molecule has 1 heterocycles. The van der Waals surface area contributed by atoms with Crippen molar-refractivity contribution < 1.29 is 14.3 Å². The third kappa shape index (κ3) is 3.35. The summed E-state index contributed by atoms with van der Waals surface area (Å²) in [6, 6.07) is 7.16. The SMILES string of the molecule is NNC(=O)C1CCC(COc2cccc(Cl)c2)O1. The van der Waals surface area contributed by atoms with Crippen molar-refractivity contribution >= 4 is 17.5 Å². The van der Waals surface area contributed by atoms with Gasteiger partial charge in [-0.3, -0.25) is 10.2 Å². The van der Waals surface area contributed by atoms with Crippen molar-refractivity contribution in [1.29, 1.82) is 0 Å². The molecule has 1 aliphatic rings. The summed E-state index contributed by atoms with van der Waals surface area (Å²) in [6.07, 6.45) is 0.875. The van der Waals surface area contributed by atoms with Crippen molar-refractivity contribution in [1.82, 2.24) is 5.43 Å². The summed E-state index contributed by atoms with van der Waals surface area (Å²) in [4.78, 5) is 11.3. The first-order chi connectivity index (χ1) is 8.69. The van der Waals surface area contributed by atoms with Gasteiger partial charge in [-0.2, -0.15) is 0 Å². The topological polar surface area (TPSA) is 73.6 Å². The second-order valence-electron chi connectivity index (χ2n) is 4.10. The minimum atomic E-state index is -0.469. The van der Waals surface area contributed by atoms with Gasteiger partial charge in [0.15, 0.2) is 0 Å². The van der Waals surface area contributed by atoms with E-state index < -0.39 is 6.10 Å². The highest BCUT2D eigenvalue weighted by Crippen LogP contribution is 2.22. The fraction of sp³-hybridized carbons (Fsp3) is 0.417. The molecule has 1 aliphatic heterocycles. The highest BCUT2D eigenvalue weighted by molar-refractivity contribution is 6.30. The van der Waals surface area contributed by atoms with E-state index in [-0.39, 0.29) is 12.0 Å². The van der Waals surface area contributed by atoms with Crippen LogP contribution in [-0.2, 0) is 9.53 Å². The number of benzene rings is 1. The Labute approximate surface area is 110 Å². The van der Waals surface area contributed by atoms with Gasteiger partial charge in [0, 0.05) is 5.02 Å². The Morgan fingerprint density at radius 1 is 1.56 bits per heavy atom. The number of amides is 1. The molecule has 1 fully saturated rings. The molecule has 0 radical (unpaired) electrons. The first-order valence-electron chi connectivity index (χ1n) is 5.73. The molecule has 0 bridgehead atoms. The maximum atomic E-state index is 11.3. The average Bonchev–Trinajstić information content (AvgIpc) is 2.84. The van der Waals surface area contributed by atoms with Crippen LogP contribution in [-0.4, -0.2) is 24.7 Å².